The third kappa shape index (κ3) is 5.53. The predicted octanol–water partition coefficient (Wildman–Crippen LogP) is 0.747. The van der Waals surface area contributed by atoms with Gasteiger partial charge in [0.15, 0.2) is 0 Å². The van der Waals surface area contributed by atoms with E-state index in [-0.39, 0.29) is 23.4 Å². The number of carbonyl (C=O) groups excluding carboxylic acids is 1. The van der Waals surface area contributed by atoms with Gasteiger partial charge < -0.3 is 10.4 Å². The SMILES string of the molecule is C#CCNS(=O)(=O)c1ccc(C(=O)NC(CCC=C)C(=O)O)cc1. The molecule has 1 unspecified atom stereocenters. The van der Waals surface area contributed by atoms with E-state index in [1.165, 1.54) is 24.3 Å². The van der Waals surface area contributed by atoms with Crippen LogP contribution in [0.4, 0.5) is 0 Å². The average Bonchev–Trinajstić information content (AvgIpc) is 2.56. The van der Waals surface area contributed by atoms with Gasteiger partial charge in [0.1, 0.15) is 6.04 Å². The van der Waals surface area contributed by atoms with E-state index in [4.69, 9.17) is 11.5 Å². The van der Waals surface area contributed by atoms with Crippen LogP contribution in [0, 0.1) is 12.3 Å². The molecule has 0 bridgehead atoms. The molecular weight excluding hydrogens is 332 g/mol. The summed E-state index contributed by atoms with van der Waals surface area (Å²) < 4.78 is 25.9. The Morgan fingerprint density at radius 3 is 2.46 bits per heavy atom. The maximum Gasteiger partial charge on any atom is 0.326 e. The molecule has 0 heterocycles. The van der Waals surface area contributed by atoms with Crippen molar-refractivity contribution < 1.29 is 23.1 Å². The van der Waals surface area contributed by atoms with Crippen LogP contribution in [-0.4, -0.2) is 38.0 Å². The summed E-state index contributed by atoms with van der Waals surface area (Å²) in [6, 6.07) is 4.04. The van der Waals surface area contributed by atoms with Gasteiger partial charge in [-0.1, -0.05) is 12.0 Å². The maximum atomic E-state index is 12.1. The number of nitrogens with one attached hydrogen (secondary N) is 2. The van der Waals surface area contributed by atoms with Crippen LogP contribution in [0.5, 0.6) is 0 Å². The lowest BCUT2D eigenvalue weighted by atomic mass is 10.1. The number of carbonyl (C=O) groups is 2. The third-order valence-corrected chi connectivity index (χ3v) is 4.47. The standard InChI is InChI=1S/C16H18N2O5S/c1-3-5-6-14(16(20)21)18-15(19)12-7-9-13(10-8-12)24(22,23)17-11-4-2/h2-3,7-10,14,17H,1,5-6,11H2,(H,18,19)(H,20,21). The molecule has 0 saturated carbocycles. The van der Waals surface area contributed by atoms with Gasteiger partial charge in [0, 0.05) is 5.56 Å². The van der Waals surface area contributed by atoms with Crippen LogP contribution in [-0.2, 0) is 14.8 Å². The van der Waals surface area contributed by atoms with E-state index in [1.807, 2.05) is 0 Å². The van der Waals surface area contributed by atoms with Crippen LogP contribution in [0.15, 0.2) is 41.8 Å². The molecule has 1 aromatic rings. The van der Waals surface area contributed by atoms with Crippen molar-refractivity contribution in [2.45, 2.75) is 23.8 Å². The minimum atomic E-state index is -3.74. The summed E-state index contributed by atoms with van der Waals surface area (Å²) in [6.45, 7) is 3.36. The van der Waals surface area contributed by atoms with Gasteiger partial charge in [0.05, 0.1) is 11.4 Å². The van der Waals surface area contributed by atoms with Gasteiger partial charge in [0.25, 0.3) is 5.91 Å². The Bertz CT molecular complexity index is 748. The molecule has 0 spiro atoms. The molecule has 0 fully saturated rings. The molecule has 0 aromatic heterocycles. The first-order valence-corrected chi connectivity index (χ1v) is 8.48. The van der Waals surface area contributed by atoms with E-state index in [0.29, 0.717) is 6.42 Å². The lowest BCUT2D eigenvalue weighted by Crippen LogP contribution is -2.40. The first-order chi connectivity index (χ1) is 11.3. The molecule has 3 N–H and O–H groups in total. The van der Waals surface area contributed by atoms with Crippen LogP contribution < -0.4 is 10.0 Å². The van der Waals surface area contributed by atoms with Gasteiger partial charge in [0.2, 0.25) is 10.0 Å². The van der Waals surface area contributed by atoms with Crippen LogP contribution in [0.25, 0.3) is 0 Å². The monoisotopic (exact) mass is 350 g/mol. The van der Waals surface area contributed by atoms with Gasteiger partial charge in [-0.05, 0) is 37.1 Å². The summed E-state index contributed by atoms with van der Waals surface area (Å²) in [4.78, 5) is 23.1. The number of carboxylic acids is 1. The first kappa shape index (κ1) is 19.4. The molecule has 0 aliphatic heterocycles. The third-order valence-electron chi connectivity index (χ3n) is 3.05. The Balaban J connectivity index is 2.84. The second kappa shape index (κ2) is 8.86. The van der Waals surface area contributed by atoms with Crippen LogP contribution in [0.1, 0.15) is 23.2 Å². The molecule has 0 saturated heterocycles. The minimum absolute atomic E-state index is 0.0456. The number of terminal acetylenes is 1. The highest BCUT2D eigenvalue weighted by atomic mass is 32.2. The quantitative estimate of drug-likeness (QED) is 0.449. The number of aliphatic carboxylic acids is 1. The van der Waals surface area contributed by atoms with Crippen molar-refractivity contribution in [3.63, 3.8) is 0 Å². The van der Waals surface area contributed by atoms with Gasteiger partial charge in [-0.25, -0.2) is 13.2 Å². The summed E-state index contributed by atoms with van der Waals surface area (Å²) in [7, 11) is -3.74. The highest BCUT2D eigenvalue weighted by Gasteiger charge is 2.20. The first-order valence-electron chi connectivity index (χ1n) is 6.99. The van der Waals surface area contributed by atoms with Gasteiger partial charge >= 0.3 is 5.97 Å². The fourth-order valence-corrected chi connectivity index (χ4v) is 2.72. The Kier molecular flexibility index (Phi) is 7.17. The topological polar surface area (TPSA) is 113 Å². The Hall–Kier alpha value is -2.63. The Morgan fingerprint density at radius 1 is 1.33 bits per heavy atom. The Labute approximate surface area is 140 Å². The maximum absolute atomic E-state index is 12.1. The van der Waals surface area contributed by atoms with E-state index in [0.717, 1.165) is 0 Å². The lowest BCUT2D eigenvalue weighted by molar-refractivity contribution is -0.139. The van der Waals surface area contributed by atoms with Gasteiger partial charge in [-0.3, -0.25) is 4.79 Å². The molecule has 1 aromatic carbocycles. The largest absolute Gasteiger partial charge is 0.480 e. The van der Waals surface area contributed by atoms with E-state index >= 15 is 0 Å². The summed E-state index contributed by atoms with van der Waals surface area (Å²) in [5, 5.41) is 11.5. The van der Waals surface area contributed by atoms with E-state index in [9.17, 15) is 18.0 Å². The van der Waals surface area contributed by atoms with Gasteiger partial charge in [-0.2, -0.15) is 4.72 Å². The van der Waals surface area contributed by atoms with Gasteiger partial charge in [-0.15, -0.1) is 13.0 Å². The highest BCUT2D eigenvalue weighted by Crippen LogP contribution is 2.11. The number of benzene rings is 1. The number of amides is 1. The van der Waals surface area contributed by atoms with Crippen LogP contribution in [0.3, 0.4) is 0 Å². The smallest absolute Gasteiger partial charge is 0.326 e. The summed E-state index contributed by atoms with van der Waals surface area (Å²) in [5.74, 6) is 0.400. The zero-order chi connectivity index (χ0) is 18.2. The molecule has 0 aliphatic carbocycles. The zero-order valence-electron chi connectivity index (χ0n) is 12.9. The average molecular weight is 350 g/mol. The second-order valence-corrected chi connectivity index (χ2v) is 6.55. The fraction of sp³-hybridized carbons (Fsp3) is 0.250. The molecule has 8 heteroatoms. The van der Waals surface area contributed by atoms with E-state index in [2.05, 4.69) is 22.5 Å². The molecule has 0 aliphatic rings. The van der Waals surface area contributed by atoms with Crippen molar-refractivity contribution in [3.05, 3.63) is 42.5 Å². The molecular formula is C16H18N2O5S. The molecule has 7 nitrogen and oxygen atoms in total. The number of hydrogen-bond donors (Lipinski definition) is 3. The van der Waals surface area contributed by atoms with Crippen molar-refractivity contribution in [1.29, 1.82) is 0 Å². The van der Waals surface area contributed by atoms with E-state index < -0.39 is 27.9 Å². The normalized spacial score (nSPS) is 12.0. The summed E-state index contributed by atoms with van der Waals surface area (Å²) in [6.07, 6.45) is 7.21. The number of rotatable bonds is 9. The number of allylic oxidation sites excluding steroid dienone is 1. The summed E-state index contributed by atoms with van der Waals surface area (Å²) in [5.41, 5.74) is 0.149. The zero-order valence-corrected chi connectivity index (χ0v) is 13.7. The van der Waals surface area contributed by atoms with Crippen molar-refractivity contribution in [3.8, 4) is 12.3 Å². The molecule has 128 valence electrons. The van der Waals surface area contributed by atoms with Crippen molar-refractivity contribution in [2.24, 2.45) is 0 Å². The molecule has 1 rings (SSSR count). The molecule has 1 amide bonds. The predicted molar refractivity (Wildman–Crippen MR) is 88.8 cm³/mol. The van der Waals surface area contributed by atoms with Crippen LogP contribution >= 0.6 is 0 Å². The Morgan fingerprint density at radius 2 is 1.96 bits per heavy atom. The van der Waals surface area contributed by atoms with Crippen molar-refractivity contribution >= 4 is 21.9 Å². The number of hydrogen-bond acceptors (Lipinski definition) is 4. The number of sulfonamides is 1. The highest BCUT2D eigenvalue weighted by molar-refractivity contribution is 7.89. The van der Waals surface area contributed by atoms with Crippen molar-refractivity contribution in [2.75, 3.05) is 6.54 Å². The molecule has 0 radical (unpaired) electrons. The van der Waals surface area contributed by atoms with E-state index in [1.54, 1.807) is 6.08 Å². The molecule has 24 heavy (non-hydrogen) atoms. The van der Waals surface area contributed by atoms with Crippen molar-refractivity contribution in [1.82, 2.24) is 10.0 Å². The lowest BCUT2D eigenvalue weighted by Gasteiger charge is -2.13. The minimum Gasteiger partial charge on any atom is -0.480 e. The summed E-state index contributed by atoms with van der Waals surface area (Å²) >= 11 is 0. The molecule has 1 atom stereocenters. The number of carboxylic acid groups (broad SMARTS) is 1. The van der Waals surface area contributed by atoms with Crippen LogP contribution in [0.2, 0.25) is 0 Å². The second-order valence-electron chi connectivity index (χ2n) is 4.78. The fourth-order valence-electron chi connectivity index (χ4n) is 1.79.